The van der Waals surface area contributed by atoms with Gasteiger partial charge in [0.1, 0.15) is 5.78 Å². The normalized spacial score (nSPS) is 11.0. The van der Waals surface area contributed by atoms with Crippen molar-refractivity contribution in [2.24, 2.45) is 0 Å². The molecule has 0 N–H and O–H groups in total. The molecule has 0 heterocycles. The van der Waals surface area contributed by atoms with Gasteiger partial charge < -0.3 is 9.47 Å². The summed E-state index contributed by atoms with van der Waals surface area (Å²) in [7, 11) is 3.07. The average Bonchev–Trinajstić information content (AvgIpc) is 2.76. The quantitative estimate of drug-likeness (QED) is 0.311. The van der Waals surface area contributed by atoms with E-state index in [0.29, 0.717) is 24.3 Å². The largest absolute Gasteiger partial charge is 0.493 e. The Morgan fingerprint density at radius 1 is 1.00 bits per heavy atom. The summed E-state index contributed by atoms with van der Waals surface area (Å²) in [5.74, 6) is 1.17. The van der Waals surface area contributed by atoms with Crippen LogP contribution in [-0.2, 0) is 17.6 Å². The van der Waals surface area contributed by atoms with Crippen molar-refractivity contribution in [2.75, 3.05) is 14.2 Å². The predicted molar refractivity (Wildman–Crippen MR) is 114 cm³/mol. The smallest absolute Gasteiger partial charge is 0.217 e. The second-order valence-corrected chi connectivity index (χ2v) is 6.40. The number of nitrogens with zero attached hydrogens (tertiary/aromatic N) is 1. The summed E-state index contributed by atoms with van der Waals surface area (Å²) < 4.78 is 10.4. The minimum atomic E-state index is -0.802. The minimum Gasteiger partial charge on any atom is -0.493 e. The standard InChI is InChI=1S/C21H25NO5.C2H4/c1-26-20-13-9-17(15-21(20)27-2)14-18(22(24)25)10-12-19(23)11-8-16-6-4-3-5-7-16;1-2/h3-7,9,13,15,18H,8,10-12,14H2,1-2H3;1-2H2. The average molecular weight is 399 g/mol. The van der Waals surface area contributed by atoms with Crippen molar-refractivity contribution in [3.63, 3.8) is 0 Å². The molecule has 0 aromatic heterocycles. The van der Waals surface area contributed by atoms with Gasteiger partial charge in [0.05, 0.1) is 14.2 Å². The Bertz CT molecular complexity index is 776. The highest BCUT2D eigenvalue weighted by Gasteiger charge is 2.22. The van der Waals surface area contributed by atoms with Crippen molar-refractivity contribution in [3.05, 3.63) is 82.9 Å². The van der Waals surface area contributed by atoms with Crippen molar-refractivity contribution < 1.29 is 19.2 Å². The SMILES string of the molecule is C=C.COc1ccc(CC(CCC(=O)CCc2ccccc2)[N+](=O)[O-])cc1OC. The third-order valence-electron chi connectivity index (χ3n) is 4.51. The highest BCUT2D eigenvalue weighted by Crippen LogP contribution is 2.28. The van der Waals surface area contributed by atoms with Gasteiger partial charge in [0, 0.05) is 30.6 Å². The van der Waals surface area contributed by atoms with E-state index < -0.39 is 6.04 Å². The molecule has 0 saturated carbocycles. The molecular weight excluding hydrogens is 370 g/mol. The number of hydrogen-bond acceptors (Lipinski definition) is 5. The molecule has 0 spiro atoms. The number of nitro groups is 1. The van der Waals surface area contributed by atoms with Crippen LogP contribution >= 0.6 is 0 Å². The van der Waals surface area contributed by atoms with Crippen molar-refractivity contribution in [3.8, 4) is 11.5 Å². The molecular formula is C23H29NO5. The van der Waals surface area contributed by atoms with E-state index >= 15 is 0 Å². The summed E-state index contributed by atoms with van der Waals surface area (Å²) >= 11 is 0. The van der Waals surface area contributed by atoms with E-state index in [2.05, 4.69) is 13.2 Å². The number of ketones is 1. The van der Waals surface area contributed by atoms with E-state index in [1.807, 2.05) is 30.3 Å². The summed E-state index contributed by atoms with van der Waals surface area (Å²) in [6, 6.07) is 14.2. The number of Topliss-reactive ketones (excluding diaryl/α,β-unsaturated/α-hetero) is 1. The van der Waals surface area contributed by atoms with Gasteiger partial charge in [0.15, 0.2) is 11.5 Å². The molecule has 1 atom stereocenters. The van der Waals surface area contributed by atoms with E-state index in [-0.39, 0.29) is 30.0 Å². The maximum atomic E-state index is 12.1. The van der Waals surface area contributed by atoms with Crippen LogP contribution in [0.25, 0.3) is 0 Å². The van der Waals surface area contributed by atoms with Crippen LogP contribution in [0.1, 0.15) is 30.4 Å². The van der Waals surface area contributed by atoms with Gasteiger partial charge in [-0.25, -0.2) is 0 Å². The van der Waals surface area contributed by atoms with E-state index in [4.69, 9.17) is 9.47 Å². The van der Waals surface area contributed by atoms with Crippen LogP contribution in [0.3, 0.4) is 0 Å². The van der Waals surface area contributed by atoms with Crippen molar-refractivity contribution >= 4 is 5.78 Å². The molecule has 6 heteroatoms. The lowest BCUT2D eigenvalue weighted by Crippen LogP contribution is -2.23. The maximum Gasteiger partial charge on any atom is 0.217 e. The summed E-state index contributed by atoms with van der Waals surface area (Å²) in [4.78, 5) is 23.2. The molecule has 0 aliphatic rings. The van der Waals surface area contributed by atoms with E-state index in [1.54, 1.807) is 25.3 Å². The first-order chi connectivity index (χ1) is 14.0. The van der Waals surface area contributed by atoms with Gasteiger partial charge in [-0.05, 0) is 29.7 Å². The van der Waals surface area contributed by atoms with Gasteiger partial charge in [0.25, 0.3) is 0 Å². The lowest BCUT2D eigenvalue weighted by molar-refractivity contribution is -0.522. The van der Waals surface area contributed by atoms with Crippen LogP contribution < -0.4 is 9.47 Å². The molecule has 1 unspecified atom stereocenters. The predicted octanol–water partition coefficient (Wildman–Crippen LogP) is 4.68. The zero-order valence-electron chi connectivity index (χ0n) is 17.1. The molecule has 0 saturated heterocycles. The van der Waals surface area contributed by atoms with Crippen LogP contribution in [0.15, 0.2) is 61.7 Å². The summed E-state index contributed by atoms with van der Waals surface area (Å²) in [6.07, 6.45) is 1.77. The number of rotatable bonds is 11. The number of ether oxygens (including phenoxy) is 2. The topological polar surface area (TPSA) is 78.7 Å². The van der Waals surface area contributed by atoms with Gasteiger partial charge in [0.2, 0.25) is 6.04 Å². The molecule has 0 aliphatic heterocycles. The second kappa shape index (κ2) is 13.1. The Kier molecular flexibility index (Phi) is 10.8. The molecule has 2 aromatic rings. The number of hydrogen-bond donors (Lipinski definition) is 0. The fraction of sp³-hybridized carbons (Fsp3) is 0.348. The van der Waals surface area contributed by atoms with E-state index in [1.165, 1.54) is 7.11 Å². The van der Waals surface area contributed by atoms with Gasteiger partial charge in [-0.2, -0.15) is 0 Å². The molecule has 0 bridgehead atoms. The zero-order chi connectivity index (χ0) is 21.6. The second-order valence-electron chi connectivity index (χ2n) is 6.40. The number of aryl methyl sites for hydroxylation is 1. The third kappa shape index (κ3) is 8.17. The summed E-state index contributed by atoms with van der Waals surface area (Å²) in [6.45, 7) is 6.00. The lowest BCUT2D eigenvalue weighted by atomic mass is 9.98. The number of carbonyl (C=O) groups excluding carboxylic acids is 1. The minimum absolute atomic E-state index is 0.0537. The third-order valence-corrected chi connectivity index (χ3v) is 4.51. The molecule has 29 heavy (non-hydrogen) atoms. The number of methoxy groups -OCH3 is 2. The van der Waals surface area contributed by atoms with Gasteiger partial charge in [-0.1, -0.05) is 36.4 Å². The Hall–Kier alpha value is -3.15. The summed E-state index contributed by atoms with van der Waals surface area (Å²) in [5.41, 5.74) is 1.88. The highest BCUT2D eigenvalue weighted by molar-refractivity contribution is 5.78. The van der Waals surface area contributed by atoms with Crippen molar-refractivity contribution in [2.45, 2.75) is 38.1 Å². The first-order valence-electron chi connectivity index (χ1n) is 9.43. The molecule has 2 aromatic carbocycles. The summed E-state index contributed by atoms with van der Waals surface area (Å²) in [5, 5.41) is 11.4. The van der Waals surface area contributed by atoms with Crippen LogP contribution in [0, 0.1) is 10.1 Å². The van der Waals surface area contributed by atoms with Crippen LogP contribution in [0.2, 0.25) is 0 Å². The highest BCUT2D eigenvalue weighted by atomic mass is 16.6. The van der Waals surface area contributed by atoms with Gasteiger partial charge >= 0.3 is 0 Å². The Morgan fingerprint density at radius 3 is 2.24 bits per heavy atom. The molecule has 2 rings (SSSR count). The number of benzene rings is 2. The fourth-order valence-corrected chi connectivity index (χ4v) is 2.94. The maximum absolute atomic E-state index is 12.1. The lowest BCUT2D eigenvalue weighted by Gasteiger charge is -2.12. The first-order valence-corrected chi connectivity index (χ1v) is 9.43. The Balaban J connectivity index is 0.00000204. The number of carbonyl (C=O) groups is 1. The van der Waals surface area contributed by atoms with E-state index in [9.17, 15) is 14.9 Å². The fourth-order valence-electron chi connectivity index (χ4n) is 2.94. The van der Waals surface area contributed by atoms with Crippen LogP contribution in [0.4, 0.5) is 0 Å². The first kappa shape index (κ1) is 23.9. The van der Waals surface area contributed by atoms with Crippen molar-refractivity contribution in [1.82, 2.24) is 0 Å². The van der Waals surface area contributed by atoms with Gasteiger partial charge in [-0.3, -0.25) is 14.9 Å². The van der Waals surface area contributed by atoms with Crippen LogP contribution in [-0.4, -0.2) is 31.0 Å². The van der Waals surface area contributed by atoms with Crippen LogP contribution in [0.5, 0.6) is 11.5 Å². The van der Waals surface area contributed by atoms with E-state index in [0.717, 1.165) is 11.1 Å². The van der Waals surface area contributed by atoms with Crippen molar-refractivity contribution in [1.29, 1.82) is 0 Å². The molecule has 0 radical (unpaired) electrons. The Morgan fingerprint density at radius 2 is 1.66 bits per heavy atom. The molecule has 0 amide bonds. The molecule has 0 aliphatic carbocycles. The molecule has 156 valence electrons. The molecule has 6 nitrogen and oxygen atoms in total. The van der Waals surface area contributed by atoms with Gasteiger partial charge in [-0.15, -0.1) is 13.2 Å². The monoisotopic (exact) mass is 399 g/mol. The Labute approximate surface area is 172 Å². The zero-order valence-corrected chi connectivity index (χ0v) is 17.1. The molecule has 0 fully saturated rings.